The Hall–Kier alpha value is -11.9. The fraction of sp³-hybridized carbons (Fsp3) is 0.375. The van der Waals surface area contributed by atoms with Crippen LogP contribution in [0.15, 0.2) is 221 Å². The fourth-order valence-electron chi connectivity index (χ4n) is 18.5. The molecule has 7 aromatic heterocycles. The SMILES string of the molecule is C/C=C(\SC)C(=O)NC1CCCC(n2c(-c3ccccc3)nc3cc(C(=O)CC)ccc32)C1.C/C=C(\SC)C(=O)NC1CCCC(n2c(-c3ccccn3)nc3cc(C(=O)CC(C)C)ccc32)C1.C/C=C(\SC)C(=O)NC1CCCC(n2c(-c3ccccn3)nc3cc(C(N)=O)ccc32)C1.C=C(SC)C(=O)NC1CCCC(n2c(-c3ccccn3)nc3cc(C(=O)CC)ccc32)C1. The number of carbonyl (C=O) groups excluding carboxylic acids is 8. The van der Waals surface area contributed by atoms with Crippen molar-refractivity contribution >= 4 is 138 Å². The molecule has 5 amide bonds. The van der Waals surface area contributed by atoms with Crippen LogP contribution in [0.5, 0.6) is 0 Å². The van der Waals surface area contributed by atoms with Gasteiger partial charge in [0.2, 0.25) is 5.91 Å². The third kappa shape index (κ3) is 23.6. The Kier molecular flexibility index (Phi) is 34.4. The largest absolute Gasteiger partial charge is 0.366 e. The van der Waals surface area contributed by atoms with Crippen molar-refractivity contribution in [3.8, 4) is 45.9 Å². The Bertz CT molecular complexity index is 6240. The summed E-state index contributed by atoms with van der Waals surface area (Å²) in [6, 6.07) is 51.6. The average Bonchev–Trinajstić information content (AvgIpc) is 1.63. The first-order valence-electron chi connectivity index (χ1n) is 45.8. The van der Waals surface area contributed by atoms with Gasteiger partial charge in [-0.3, -0.25) is 53.3 Å². The van der Waals surface area contributed by atoms with E-state index < -0.39 is 5.91 Å². The number of fused-ring (bicyclic) bond motifs is 4. The first-order valence-corrected chi connectivity index (χ1v) is 50.7. The second kappa shape index (κ2) is 46.5. The number of primary amides is 1. The zero-order valence-corrected chi connectivity index (χ0v) is 80.5. The lowest BCUT2D eigenvalue weighted by atomic mass is 9.90. The van der Waals surface area contributed by atoms with E-state index in [2.05, 4.69) is 87.0 Å². The number of aromatic nitrogens is 11. The van der Waals surface area contributed by atoms with E-state index >= 15 is 0 Å². The molecule has 24 nitrogen and oxygen atoms in total. The standard InChI is InChI=1S/C28H34N4O2S.C27H31N3O2S.C25H28N4O2S.C24H27N5O2S/c1-5-26(35-4)28(34)30-20-9-8-10-21(17-20)32-24-13-12-19(25(33)15-18(2)3)16-23(24)31-27(32)22-11-6-7-14-29-22;1-4-24(31)19-14-15-23-22(16-19)29-26(18-10-7-6-8-11-18)30(23)21-13-9-12-20(17-21)28-27(32)25(5-2)33-3;1-4-23(30)17-11-12-22-21(14-17)28-24(20-10-5-6-13-26-20)29(22)19-9-7-8-18(15-19)27-25(31)16(2)32-3;1-3-21(32-2)24(31)27-16-7-6-8-17(14-16)29-20-11-10-15(22(25)30)13-19(20)28-23(29)18-9-4-5-12-26-18/h5-7,11-14,16,18,20-21H,8-10,15,17H2,1-4H3,(H,30,34);5-8,10-11,14-16,20-21H,4,9,12-13,17H2,1-3H3,(H,28,32);5-6,10-14,18-19H,2,4,7-9,15H2,1,3H3,(H,27,31);3-5,9-13,16-17H,6-8,14H2,1-2H3,(H2,25,30)(H,27,31)/b26-5-;25-5-;;21-3-. The summed E-state index contributed by atoms with van der Waals surface area (Å²) in [6.45, 7) is 17.4. The van der Waals surface area contributed by atoms with Crippen molar-refractivity contribution in [3.63, 3.8) is 0 Å². The van der Waals surface area contributed by atoms with Crippen LogP contribution in [0.3, 0.4) is 0 Å². The zero-order chi connectivity index (χ0) is 93.6. The highest BCUT2D eigenvalue weighted by Gasteiger charge is 2.35. The number of carbonyl (C=O) groups is 8. The molecule has 0 spiro atoms. The number of hydrogen-bond acceptors (Lipinski definition) is 19. The number of imidazole rings is 4. The van der Waals surface area contributed by atoms with Gasteiger partial charge in [-0.05, 0) is 264 Å². The summed E-state index contributed by atoms with van der Waals surface area (Å²) in [5, 5.41) is 12.8. The number of nitrogens with two attached hydrogens (primary N) is 1. The Morgan fingerprint density at radius 1 is 0.394 bits per heavy atom. The molecule has 0 aliphatic heterocycles. The topological polar surface area (TPSA) is 321 Å². The van der Waals surface area contributed by atoms with E-state index in [1.54, 1.807) is 30.7 Å². The molecule has 4 aliphatic rings. The van der Waals surface area contributed by atoms with Crippen LogP contribution in [0.4, 0.5) is 0 Å². The fourth-order valence-corrected chi connectivity index (χ4v) is 20.2. The smallest absolute Gasteiger partial charge is 0.257 e. The van der Waals surface area contributed by atoms with Crippen molar-refractivity contribution in [2.24, 2.45) is 11.7 Å². The van der Waals surface area contributed by atoms with Crippen LogP contribution in [0.25, 0.3) is 90.1 Å². The highest BCUT2D eigenvalue weighted by Crippen LogP contribution is 2.43. The van der Waals surface area contributed by atoms with Gasteiger partial charge in [0.15, 0.2) is 34.8 Å². The van der Waals surface area contributed by atoms with Gasteiger partial charge in [-0.1, -0.05) is 101 Å². The van der Waals surface area contributed by atoms with Gasteiger partial charge >= 0.3 is 0 Å². The summed E-state index contributed by atoms with van der Waals surface area (Å²) in [6.07, 6.45) is 35.2. The number of ketones is 3. The van der Waals surface area contributed by atoms with Gasteiger partial charge < -0.3 is 45.3 Å². The van der Waals surface area contributed by atoms with Gasteiger partial charge in [0.25, 0.3) is 23.6 Å². The Morgan fingerprint density at radius 3 is 0.992 bits per heavy atom. The molecule has 688 valence electrons. The maximum atomic E-state index is 12.7. The van der Waals surface area contributed by atoms with Crippen LogP contribution < -0.4 is 27.0 Å². The van der Waals surface area contributed by atoms with E-state index in [1.807, 2.05) is 211 Å². The van der Waals surface area contributed by atoms with Crippen LogP contribution in [0.2, 0.25) is 0 Å². The molecule has 8 unspecified atom stereocenters. The number of rotatable bonds is 28. The van der Waals surface area contributed by atoms with E-state index in [9.17, 15) is 38.4 Å². The summed E-state index contributed by atoms with van der Waals surface area (Å²) in [7, 11) is 0. The maximum absolute atomic E-state index is 12.7. The van der Waals surface area contributed by atoms with Crippen molar-refractivity contribution in [3.05, 3.63) is 243 Å². The Balaban J connectivity index is 0.000000150. The average molecular weight is 1850 g/mol. The lowest BCUT2D eigenvalue weighted by Crippen LogP contribution is -2.39. The molecule has 0 bridgehead atoms. The third-order valence-electron chi connectivity index (χ3n) is 25.0. The molecule has 0 saturated heterocycles. The highest BCUT2D eigenvalue weighted by molar-refractivity contribution is 8.04. The summed E-state index contributed by atoms with van der Waals surface area (Å²) in [5.74, 6) is 3.40. The molecule has 4 aliphatic carbocycles. The Labute approximate surface area is 789 Å². The lowest BCUT2D eigenvalue weighted by Gasteiger charge is -2.32. The quantitative estimate of drug-likeness (QED) is 0.0225. The van der Waals surface area contributed by atoms with Crippen molar-refractivity contribution in [1.82, 2.24) is 74.4 Å². The Morgan fingerprint density at radius 2 is 0.697 bits per heavy atom. The number of benzene rings is 5. The monoisotopic (exact) mass is 1850 g/mol. The van der Waals surface area contributed by atoms with Crippen molar-refractivity contribution < 1.29 is 38.4 Å². The number of nitrogens with zero attached hydrogens (tertiary/aromatic N) is 11. The summed E-state index contributed by atoms with van der Waals surface area (Å²) in [4.78, 5) is 135. The number of thioether (sulfide) groups is 4. The molecule has 5 aromatic carbocycles. The van der Waals surface area contributed by atoms with Crippen molar-refractivity contribution in [1.29, 1.82) is 0 Å². The molecule has 4 fully saturated rings. The van der Waals surface area contributed by atoms with Gasteiger partial charge in [0.1, 0.15) is 22.9 Å². The molecule has 28 heteroatoms. The summed E-state index contributed by atoms with van der Waals surface area (Å²) in [5.41, 5.74) is 18.6. The van der Waals surface area contributed by atoms with Gasteiger partial charge in [0, 0.05) is 114 Å². The molecule has 0 radical (unpaired) electrons. The minimum Gasteiger partial charge on any atom is -0.366 e. The molecule has 16 rings (SSSR count). The van der Waals surface area contributed by atoms with Crippen LogP contribution in [-0.4, -0.2) is 149 Å². The maximum Gasteiger partial charge on any atom is 0.257 e. The molecule has 8 atom stereocenters. The van der Waals surface area contributed by atoms with E-state index in [0.717, 1.165) is 202 Å². The number of pyridine rings is 3. The molecule has 6 N–H and O–H groups in total. The first kappa shape index (κ1) is 97.7. The second-order valence-corrected chi connectivity index (χ2v) is 37.6. The van der Waals surface area contributed by atoms with Crippen LogP contribution in [0, 0.1) is 5.92 Å². The number of amides is 5. The van der Waals surface area contributed by atoms with Crippen molar-refractivity contribution in [2.75, 3.05) is 25.0 Å². The third-order valence-corrected chi connectivity index (χ3v) is 28.2. The molecular formula is C104H120N16O8S4. The molecule has 4 saturated carbocycles. The molecule has 7 heterocycles. The van der Waals surface area contributed by atoms with Crippen LogP contribution in [-0.2, 0) is 19.2 Å². The summed E-state index contributed by atoms with van der Waals surface area (Å²) < 4.78 is 9.07. The van der Waals surface area contributed by atoms with E-state index in [1.165, 1.54) is 47.0 Å². The first-order chi connectivity index (χ1) is 64.0. The van der Waals surface area contributed by atoms with Crippen LogP contribution in [0.1, 0.15) is 236 Å². The molecule has 12 aromatic rings. The van der Waals surface area contributed by atoms with Gasteiger partial charge in [-0.25, -0.2) is 19.9 Å². The molecule has 132 heavy (non-hydrogen) atoms. The second-order valence-electron chi connectivity index (χ2n) is 34.1. The minimum absolute atomic E-state index is 0.000560. The predicted octanol–water partition coefficient (Wildman–Crippen LogP) is 21.6. The lowest BCUT2D eigenvalue weighted by molar-refractivity contribution is -0.118. The van der Waals surface area contributed by atoms with Crippen LogP contribution >= 0.6 is 47.0 Å². The number of Topliss-reactive ketones (excluding diaryl/α,β-unsaturated/α-hetero) is 3. The number of hydrogen-bond donors (Lipinski definition) is 5. The van der Waals surface area contributed by atoms with Crippen molar-refractivity contribution in [2.45, 2.75) is 219 Å². The minimum atomic E-state index is -0.477. The van der Waals surface area contributed by atoms with E-state index in [4.69, 9.17) is 25.7 Å². The highest BCUT2D eigenvalue weighted by atomic mass is 32.2. The molecular weight excluding hydrogens is 1730 g/mol. The normalized spacial score (nSPS) is 18.8. The van der Waals surface area contributed by atoms with E-state index in [-0.39, 0.29) is 89.3 Å². The number of nitrogens with one attached hydrogen (secondary N) is 4. The zero-order valence-electron chi connectivity index (χ0n) is 77.2. The van der Waals surface area contributed by atoms with E-state index in [0.29, 0.717) is 57.9 Å². The van der Waals surface area contributed by atoms with Gasteiger partial charge in [-0.15, -0.1) is 47.0 Å². The van der Waals surface area contributed by atoms with Gasteiger partial charge in [-0.2, -0.15) is 0 Å². The predicted molar refractivity (Wildman–Crippen MR) is 538 cm³/mol. The van der Waals surface area contributed by atoms with Gasteiger partial charge in [0.05, 0.1) is 63.8 Å². The number of allylic oxidation sites excluding steroid dienone is 3. The summed E-state index contributed by atoms with van der Waals surface area (Å²) >= 11 is 5.78.